The maximum atomic E-state index is 12.1. The summed E-state index contributed by atoms with van der Waals surface area (Å²) in [7, 11) is 1.68. The third kappa shape index (κ3) is 2.24. The lowest BCUT2D eigenvalue weighted by Crippen LogP contribution is -2.13. The van der Waals surface area contributed by atoms with Crippen molar-refractivity contribution in [3.8, 4) is 11.3 Å². The van der Waals surface area contributed by atoms with Crippen LogP contribution in [0.1, 0.15) is 11.4 Å². The highest BCUT2D eigenvalue weighted by molar-refractivity contribution is 14.2. The zero-order chi connectivity index (χ0) is 15.1. The van der Waals surface area contributed by atoms with Crippen molar-refractivity contribution in [1.29, 1.82) is 0 Å². The number of nitrogens with zero attached hydrogens (tertiary/aromatic N) is 4. The van der Waals surface area contributed by atoms with Crippen LogP contribution in [0.3, 0.4) is 0 Å². The highest BCUT2D eigenvalue weighted by Crippen LogP contribution is 2.33. The van der Waals surface area contributed by atoms with E-state index in [0.29, 0.717) is 17.6 Å². The minimum Gasteiger partial charge on any atom is -0.302 e. The minimum absolute atomic E-state index is 0.0930. The van der Waals surface area contributed by atoms with Crippen molar-refractivity contribution in [2.75, 3.05) is 0 Å². The molecule has 21 heavy (non-hydrogen) atoms. The lowest BCUT2D eigenvalue weighted by Gasteiger charge is -2.03. The van der Waals surface area contributed by atoms with Gasteiger partial charge < -0.3 is 5.10 Å². The molecule has 0 aliphatic heterocycles. The Morgan fingerprint density at radius 2 is 2.29 bits per heavy atom. The summed E-state index contributed by atoms with van der Waals surface area (Å²) < 4.78 is 3.36. The molecule has 3 heterocycles. The Bertz CT molecular complexity index is 907. The molecule has 3 aromatic rings. The number of aromatic amines is 1. The molecule has 0 aliphatic rings. The van der Waals surface area contributed by atoms with Gasteiger partial charge in [-0.1, -0.05) is 6.58 Å². The zero-order valence-electron chi connectivity index (χ0n) is 11.5. The Morgan fingerprint density at radius 3 is 2.86 bits per heavy atom. The molecule has 108 valence electrons. The first kappa shape index (κ1) is 14.5. The molecule has 0 aromatic carbocycles. The molecule has 1 N–H and O–H groups in total. The van der Waals surface area contributed by atoms with E-state index in [1.54, 1.807) is 19.3 Å². The van der Waals surface area contributed by atoms with Gasteiger partial charge in [0, 0.05) is 18.6 Å². The van der Waals surface area contributed by atoms with E-state index in [9.17, 15) is 4.79 Å². The lowest BCUT2D eigenvalue weighted by atomic mass is 10.1. The van der Waals surface area contributed by atoms with Crippen LogP contribution >= 0.6 is 28.4 Å². The summed E-state index contributed by atoms with van der Waals surface area (Å²) in [5.74, 6) is 0. The topological polar surface area (TPSA) is 68.5 Å². The summed E-state index contributed by atoms with van der Waals surface area (Å²) in [6, 6.07) is 1.91. The van der Waals surface area contributed by atoms with Crippen LogP contribution in [0.5, 0.6) is 0 Å². The van der Waals surface area contributed by atoms with E-state index in [-0.39, 0.29) is 5.56 Å². The normalized spacial score (nSPS) is 11.8. The van der Waals surface area contributed by atoms with E-state index in [1.165, 1.54) is 4.68 Å². The summed E-state index contributed by atoms with van der Waals surface area (Å²) in [5, 5.41) is 8.37. The van der Waals surface area contributed by atoms with Crippen LogP contribution in [0.15, 0.2) is 23.6 Å². The number of halogens is 1. The fraction of sp³-hybridized carbons (Fsp3) is 0.154. The Morgan fingerprint density at radius 1 is 1.52 bits per heavy atom. The molecule has 3 aromatic heterocycles. The molecule has 1 unspecified atom stereocenters. The molecule has 0 saturated carbocycles. The Kier molecular flexibility index (Phi) is 3.71. The fourth-order valence-electron chi connectivity index (χ4n) is 2.34. The first-order chi connectivity index (χ1) is 10.1. The molecule has 0 amide bonds. The number of aryl methyl sites for hydroxylation is 2. The lowest BCUT2D eigenvalue weighted by molar-refractivity contribution is 0.740. The van der Waals surface area contributed by atoms with Gasteiger partial charge >= 0.3 is 0 Å². The van der Waals surface area contributed by atoms with Gasteiger partial charge in [0.25, 0.3) is 5.56 Å². The van der Waals surface area contributed by atoms with Crippen molar-refractivity contribution < 1.29 is 0 Å². The number of nitrogens with one attached hydrogen (secondary N) is 1. The van der Waals surface area contributed by atoms with Gasteiger partial charge in [-0.2, -0.15) is 5.10 Å². The average Bonchev–Trinajstić information content (AvgIpc) is 3.00. The number of fused-ring (bicyclic) bond motifs is 1. The quantitative estimate of drug-likeness (QED) is 0.531. The van der Waals surface area contributed by atoms with Gasteiger partial charge in [0.1, 0.15) is 0 Å². The molecule has 3 rings (SSSR count). The monoisotopic (exact) mass is 413 g/mol. The van der Waals surface area contributed by atoms with Gasteiger partial charge in [0.2, 0.25) is 0 Å². The van der Waals surface area contributed by atoms with E-state index < -0.39 is 0 Å². The second-order valence-corrected chi connectivity index (χ2v) is 6.67. The fourth-order valence-corrected chi connectivity index (χ4v) is 3.90. The molecule has 0 radical (unpaired) electrons. The Balaban J connectivity index is 2.35. The third-order valence-electron chi connectivity index (χ3n) is 3.35. The number of H-pyrrole nitrogens is 1. The summed E-state index contributed by atoms with van der Waals surface area (Å²) in [6.45, 7) is 5.75. The third-order valence-corrected chi connectivity index (χ3v) is 5.20. The van der Waals surface area contributed by atoms with Gasteiger partial charge in [-0.3, -0.25) is 14.5 Å². The first-order valence-corrected chi connectivity index (χ1v) is 10.3. The van der Waals surface area contributed by atoms with Gasteiger partial charge in [0.15, 0.2) is 0 Å². The van der Waals surface area contributed by atoms with Crippen LogP contribution < -0.4 is 5.56 Å². The van der Waals surface area contributed by atoms with Gasteiger partial charge in [0.05, 0.1) is 34.5 Å². The molecule has 0 bridgehead atoms. The molecular formula is C13H13IN5OP. The van der Waals surface area contributed by atoms with Crippen LogP contribution in [0, 0.1) is 6.92 Å². The van der Waals surface area contributed by atoms with Crippen LogP contribution in [-0.4, -0.2) is 24.3 Å². The van der Waals surface area contributed by atoms with Crippen molar-refractivity contribution in [3.05, 3.63) is 40.6 Å². The van der Waals surface area contributed by atoms with Crippen molar-refractivity contribution in [2.45, 2.75) is 6.92 Å². The summed E-state index contributed by atoms with van der Waals surface area (Å²) in [6.07, 6.45) is 3.89. The number of hydrogen-bond acceptors (Lipinski definition) is 3. The van der Waals surface area contributed by atoms with E-state index in [1.807, 2.05) is 17.4 Å². The van der Waals surface area contributed by atoms with Crippen molar-refractivity contribution in [1.82, 2.24) is 24.3 Å². The second kappa shape index (κ2) is 5.38. The van der Waals surface area contributed by atoms with E-state index in [2.05, 4.69) is 43.8 Å². The number of hydrogen-bond donors (Lipinski definition) is 1. The summed E-state index contributed by atoms with van der Waals surface area (Å²) in [5.41, 5.74) is 3.78. The largest absolute Gasteiger partial charge is 0.302 e. The Labute approximate surface area is 135 Å². The number of rotatable bonds is 3. The van der Waals surface area contributed by atoms with Gasteiger partial charge in [-0.05, 0) is 41.1 Å². The minimum atomic E-state index is -0.0930. The summed E-state index contributed by atoms with van der Waals surface area (Å²) in [4.78, 5) is 16.7. The average molecular weight is 413 g/mol. The molecular weight excluding hydrogens is 400 g/mol. The van der Waals surface area contributed by atoms with E-state index >= 15 is 0 Å². The van der Waals surface area contributed by atoms with Crippen molar-refractivity contribution >= 4 is 45.4 Å². The molecule has 8 heteroatoms. The highest BCUT2D eigenvalue weighted by Gasteiger charge is 2.16. The Hall–Kier alpha value is -1.47. The molecule has 0 aliphatic carbocycles. The predicted molar refractivity (Wildman–Crippen MR) is 95.1 cm³/mol. The molecule has 6 nitrogen and oxygen atoms in total. The van der Waals surface area contributed by atoms with Crippen molar-refractivity contribution in [3.63, 3.8) is 0 Å². The zero-order valence-corrected chi connectivity index (χ0v) is 14.7. The van der Waals surface area contributed by atoms with E-state index in [4.69, 9.17) is 0 Å². The molecule has 0 saturated heterocycles. The number of aromatic nitrogens is 5. The highest BCUT2D eigenvalue weighted by atomic mass is 127. The molecule has 0 fully saturated rings. The number of pyridine rings is 1. The van der Waals surface area contributed by atoms with Crippen molar-refractivity contribution in [2.24, 2.45) is 7.05 Å². The van der Waals surface area contributed by atoms with Crippen LogP contribution in [0.2, 0.25) is 0 Å². The van der Waals surface area contributed by atoms with Gasteiger partial charge in [-0.15, -0.1) is 0 Å². The summed E-state index contributed by atoms with van der Waals surface area (Å²) >= 11 is 2.28. The van der Waals surface area contributed by atoms with Crippen LogP contribution in [0.4, 0.5) is 0 Å². The maximum absolute atomic E-state index is 12.1. The first-order valence-electron chi connectivity index (χ1n) is 6.21. The molecule has 0 spiro atoms. The predicted octanol–water partition coefficient (Wildman–Crippen LogP) is 2.87. The SMILES string of the molecule is C=Cc1nn(PI)c2c(C)nc(-c3c[nH]n(C)c3=O)cc12. The smallest absolute Gasteiger partial charge is 0.275 e. The molecule has 1 atom stereocenters. The van der Waals surface area contributed by atoms with E-state index in [0.717, 1.165) is 22.3 Å². The maximum Gasteiger partial charge on any atom is 0.275 e. The standard InChI is InChI=1S/C13H13IN5OP/c1-4-10-8-5-11(9-6-15-18(3)13(9)20)16-7(2)12(8)19(17-10)21-14/h4-6,15,21H,1H2,2-3H3. The van der Waals surface area contributed by atoms with Crippen LogP contribution in [-0.2, 0) is 7.05 Å². The van der Waals surface area contributed by atoms with Gasteiger partial charge in [-0.25, -0.2) is 4.45 Å². The second-order valence-electron chi connectivity index (χ2n) is 4.63. The van der Waals surface area contributed by atoms with Crippen LogP contribution in [0.25, 0.3) is 28.2 Å².